The zero-order chi connectivity index (χ0) is 28.2. The van der Waals surface area contributed by atoms with Gasteiger partial charge in [-0.2, -0.15) is 0 Å². The van der Waals surface area contributed by atoms with Crippen molar-refractivity contribution in [1.82, 2.24) is 0 Å². The molecule has 3 aromatic rings. The molecule has 1 heterocycles. The molecule has 0 unspecified atom stereocenters. The third kappa shape index (κ3) is 5.70. The van der Waals surface area contributed by atoms with Crippen LogP contribution in [0.4, 0.5) is 17.1 Å². The van der Waals surface area contributed by atoms with Crippen molar-refractivity contribution in [2.45, 2.75) is 37.5 Å². The van der Waals surface area contributed by atoms with Gasteiger partial charge in [0.15, 0.2) is 0 Å². The zero-order valence-electron chi connectivity index (χ0n) is 22.7. The van der Waals surface area contributed by atoms with Gasteiger partial charge in [0.2, 0.25) is 5.91 Å². The van der Waals surface area contributed by atoms with E-state index in [9.17, 15) is 14.4 Å². The molecule has 1 saturated carbocycles. The molecule has 1 fully saturated rings. The monoisotopic (exact) mass is 557 g/mol. The lowest BCUT2D eigenvalue weighted by atomic mass is 10.1. The standard InChI is InChI=1S/C31H31N3O5S/c1-19-11-16-26(39-3)25(17-19)34-30(36)27(32-21-12-14-23(38-2)15-13-21)28(31(34)37)40-24-10-6-9-22(18-24)33-29(35)20-7-4-5-8-20/h6,9-18,20,32H,4-5,7-8H2,1-3H3,(H,33,35). The Kier molecular flexibility index (Phi) is 8.11. The summed E-state index contributed by atoms with van der Waals surface area (Å²) in [5.74, 6) is 0.189. The number of nitrogens with one attached hydrogen (secondary N) is 2. The number of carbonyl (C=O) groups excluding carboxylic acids is 3. The maximum atomic E-state index is 13.9. The zero-order valence-corrected chi connectivity index (χ0v) is 23.5. The molecular weight excluding hydrogens is 526 g/mol. The Hall–Kier alpha value is -4.24. The van der Waals surface area contributed by atoms with Crippen molar-refractivity contribution < 1.29 is 23.9 Å². The van der Waals surface area contributed by atoms with Crippen LogP contribution in [0.15, 0.2) is 82.2 Å². The number of carbonyl (C=O) groups is 3. The van der Waals surface area contributed by atoms with Gasteiger partial charge in [-0.15, -0.1) is 0 Å². The smallest absolute Gasteiger partial charge is 0.283 e. The summed E-state index contributed by atoms with van der Waals surface area (Å²) in [7, 11) is 3.08. The fraction of sp³-hybridized carbons (Fsp3) is 0.258. The van der Waals surface area contributed by atoms with E-state index in [0.717, 1.165) is 36.1 Å². The minimum Gasteiger partial charge on any atom is -0.497 e. The van der Waals surface area contributed by atoms with E-state index in [2.05, 4.69) is 10.6 Å². The Morgan fingerprint density at radius 1 is 0.900 bits per heavy atom. The Morgan fingerprint density at radius 2 is 1.65 bits per heavy atom. The molecule has 0 radical (unpaired) electrons. The van der Waals surface area contributed by atoms with Gasteiger partial charge in [-0.3, -0.25) is 14.4 Å². The first-order valence-corrected chi connectivity index (χ1v) is 14.0. The van der Waals surface area contributed by atoms with Crippen molar-refractivity contribution in [1.29, 1.82) is 0 Å². The molecule has 0 bridgehead atoms. The molecule has 1 aliphatic carbocycles. The minimum atomic E-state index is -0.488. The van der Waals surface area contributed by atoms with E-state index in [1.165, 1.54) is 18.9 Å². The van der Waals surface area contributed by atoms with Gasteiger partial charge in [0.25, 0.3) is 11.8 Å². The highest BCUT2D eigenvalue weighted by Crippen LogP contribution is 2.41. The fourth-order valence-electron chi connectivity index (χ4n) is 4.91. The predicted octanol–water partition coefficient (Wildman–Crippen LogP) is 6.13. The molecule has 0 atom stereocenters. The molecule has 1 aliphatic heterocycles. The highest BCUT2D eigenvalue weighted by molar-refractivity contribution is 8.04. The summed E-state index contributed by atoms with van der Waals surface area (Å²) in [5, 5.41) is 6.17. The average molecular weight is 558 g/mol. The Morgan fingerprint density at radius 3 is 2.35 bits per heavy atom. The van der Waals surface area contributed by atoms with Crippen LogP contribution in [0.3, 0.4) is 0 Å². The Labute approximate surface area is 237 Å². The van der Waals surface area contributed by atoms with Gasteiger partial charge in [-0.25, -0.2) is 4.90 Å². The maximum Gasteiger partial charge on any atom is 0.283 e. The number of benzene rings is 3. The fourth-order valence-corrected chi connectivity index (χ4v) is 5.90. The molecule has 3 amide bonds. The van der Waals surface area contributed by atoms with Crippen LogP contribution < -0.4 is 25.0 Å². The molecule has 0 spiro atoms. The van der Waals surface area contributed by atoms with E-state index in [0.29, 0.717) is 33.5 Å². The summed E-state index contributed by atoms with van der Waals surface area (Å²) >= 11 is 1.18. The van der Waals surface area contributed by atoms with E-state index in [1.807, 2.05) is 37.3 Å². The van der Waals surface area contributed by atoms with Gasteiger partial charge in [0.05, 0.1) is 19.9 Å². The average Bonchev–Trinajstić information content (AvgIpc) is 3.57. The molecule has 8 nitrogen and oxygen atoms in total. The van der Waals surface area contributed by atoms with Crippen molar-refractivity contribution in [2.24, 2.45) is 5.92 Å². The van der Waals surface area contributed by atoms with Crippen LogP contribution in [0.5, 0.6) is 11.5 Å². The number of rotatable bonds is 9. The number of amides is 3. The summed E-state index contributed by atoms with van der Waals surface area (Å²) in [4.78, 5) is 42.5. The van der Waals surface area contributed by atoms with Crippen LogP contribution in [-0.4, -0.2) is 31.9 Å². The quantitative estimate of drug-likeness (QED) is 0.306. The molecule has 0 saturated heterocycles. The van der Waals surface area contributed by atoms with Crippen LogP contribution in [0, 0.1) is 12.8 Å². The summed E-state index contributed by atoms with van der Waals surface area (Å²) in [5.41, 5.74) is 2.70. The summed E-state index contributed by atoms with van der Waals surface area (Å²) in [6, 6.07) is 19.8. The van der Waals surface area contributed by atoms with Crippen molar-refractivity contribution in [3.63, 3.8) is 0 Å². The number of ether oxygens (including phenoxy) is 2. The number of anilines is 3. The molecule has 206 valence electrons. The number of aryl methyl sites for hydroxylation is 1. The first-order chi connectivity index (χ1) is 19.4. The molecule has 2 aliphatic rings. The number of hydrogen-bond acceptors (Lipinski definition) is 7. The number of nitrogens with zero attached hydrogens (tertiary/aromatic N) is 1. The second-order valence-corrected chi connectivity index (χ2v) is 10.9. The van der Waals surface area contributed by atoms with Crippen LogP contribution in [0.25, 0.3) is 0 Å². The minimum absolute atomic E-state index is 0.0190. The normalized spacial score (nSPS) is 15.5. The van der Waals surface area contributed by atoms with Crippen LogP contribution in [0.1, 0.15) is 31.2 Å². The molecule has 3 aromatic carbocycles. The predicted molar refractivity (Wildman–Crippen MR) is 157 cm³/mol. The number of thioether (sulfide) groups is 1. The highest BCUT2D eigenvalue weighted by Gasteiger charge is 2.41. The van der Waals surface area contributed by atoms with E-state index in [1.54, 1.807) is 43.5 Å². The van der Waals surface area contributed by atoms with Gasteiger partial charge in [0, 0.05) is 22.2 Å². The lowest BCUT2D eigenvalue weighted by Gasteiger charge is -2.19. The Bertz CT molecular complexity index is 1480. The van der Waals surface area contributed by atoms with E-state index >= 15 is 0 Å². The number of hydrogen-bond donors (Lipinski definition) is 2. The first kappa shape index (κ1) is 27.3. The van der Waals surface area contributed by atoms with Crippen molar-refractivity contribution >= 4 is 46.5 Å². The number of methoxy groups -OCH3 is 2. The van der Waals surface area contributed by atoms with Gasteiger partial charge in [-0.1, -0.05) is 36.7 Å². The lowest BCUT2D eigenvalue weighted by molar-refractivity contribution is -0.121. The SMILES string of the molecule is COc1ccc(NC2=C(Sc3cccc(NC(=O)C4CCCC4)c3)C(=O)N(c3cc(C)ccc3OC)C2=O)cc1. The van der Waals surface area contributed by atoms with Crippen LogP contribution >= 0.6 is 11.8 Å². The van der Waals surface area contributed by atoms with Crippen LogP contribution in [0.2, 0.25) is 0 Å². The molecule has 40 heavy (non-hydrogen) atoms. The second kappa shape index (κ2) is 11.9. The van der Waals surface area contributed by atoms with Crippen molar-refractivity contribution in [3.8, 4) is 11.5 Å². The topological polar surface area (TPSA) is 97.0 Å². The highest BCUT2D eigenvalue weighted by atomic mass is 32.2. The summed E-state index contributed by atoms with van der Waals surface area (Å²) in [6.07, 6.45) is 3.96. The van der Waals surface area contributed by atoms with Crippen LogP contribution in [-0.2, 0) is 14.4 Å². The molecule has 5 rings (SSSR count). The van der Waals surface area contributed by atoms with Crippen molar-refractivity contribution in [3.05, 3.63) is 82.9 Å². The molecule has 2 N–H and O–H groups in total. The Balaban J connectivity index is 1.48. The van der Waals surface area contributed by atoms with E-state index in [4.69, 9.17) is 9.47 Å². The van der Waals surface area contributed by atoms with Gasteiger partial charge in [0.1, 0.15) is 22.1 Å². The van der Waals surface area contributed by atoms with E-state index < -0.39 is 11.8 Å². The molecular formula is C31H31N3O5S. The van der Waals surface area contributed by atoms with Gasteiger partial charge >= 0.3 is 0 Å². The molecule has 9 heteroatoms. The maximum absolute atomic E-state index is 13.9. The van der Waals surface area contributed by atoms with Gasteiger partial charge in [-0.05, 0) is 79.9 Å². The largest absolute Gasteiger partial charge is 0.497 e. The molecule has 0 aromatic heterocycles. The third-order valence-corrected chi connectivity index (χ3v) is 8.10. The van der Waals surface area contributed by atoms with Crippen molar-refractivity contribution in [2.75, 3.05) is 29.8 Å². The lowest BCUT2D eigenvalue weighted by Crippen LogP contribution is -2.32. The van der Waals surface area contributed by atoms with Gasteiger partial charge < -0.3 is 20.1 Å². The number of imide groups is 1. The second-order valence-electron chi connectivity index (χ2n) is 9.78. The third-order valence-electron chi connectivity index (χ3n) is 7.02. The summed E-state index contributed by atoms with van der Waals surface area (Å²) in [6.45, 7) is 1.89. The first-order valence-electron chi connectivity index (χ1n) is 13.2. The summed E-state index contributed by atoms with van der Waals surface area (Å²) < 4.78 is 10.7. The van der Waals surface area contributed by atoms with E-state index in [-0.39, 0.29) is 22.4 Å².